The Bertz CT molecular complexity index is 329. The molecule has 0 atom stereocenters. The first kappa shape index (κ1) is 10.3. The molecule has 1 aromatic rings. The van der Waals surface area contributed by atoms with Crippen molar-refractivity contribution in [3.8, 4) is 0 Å². The van der Waals surface area contributed by atoms with Crippen molar-refractivity contribution in [1.82, 2.24) is 0 Å². The van der Waals surface area contributed by atoms with Crippen LogP contribution in [-0.4, -0.2) is 5.78 Å². The highest BCUT2D eigenvalue weighted by molar-refractivity contribution is 6.31. The largest absolute Gasteiger partial charge is 0.294 e. The average Bonchev–Trinajstić information content (AvgIpc) is 2.08. The molecule has 0 N–H and O–H groups in total. The van der Waals surface area contributed by atoms with Gasteiger partial charge in [0.05, 0.1) is 0 Å². The van der Waals surface area contributed by atoms with E-state index >= 15 is 0 Å². The summed E-state index contributed by atoms with van der Waals surface area (Å²) in [5, 5.41) is 0.659. The average molecular weight is 197 g/mol. The lowest BCUT2D eigenvalue weighted by atomic mass is 9.97. The summed E-state index contributed by atoms with van der Waals surface area (Å²) in [6.45, 7) is 5.66. The lowest BCUT2D eigenvalue weighted by molar-refractivity contribution is 0.0939. The molecule has 0 aliphatic carbocycles. The Morgan fingerprint density at radius 2 is 2.00 bits per heavy atom. The van der Waals surface area contributed by atoms with Crippen LogP contribution in [0.4, 0.5) is 0 Å². The topological polar surface area (TPSA) is 17.1 Å². The molecule has 1 aromatic carbocycles. The van der Waals surface area contributed by atoms with E-state index in [2.05, 4.69) is 0 Å². The fraction of sp³-hybridized carbons (Fsp3) is 0.364. The monoisotopic (exact) mass is 196 g/mol. The molecule has 13 heavy (non-hydrogen) atoms. The van der Waals surface area contributed by atoms with E-state index in [1.54, 1.807) is 6.07 Å². The van der Waals surface area contributed by atoms with E-state index in [1.807, 2.05) is 32.9 Å². The molecule has 0 saturated heterocycles. The van der Waals surface area contributed by atoms with E-state index in [0.717, 1.165) is 11.1 Å². The maximum Gasteiger partial charge on any atom is 0.165 e. The highest BCUT2D eigenvalue weighted by atomic mass is 35.5. The number of carbonyl (C=O) groups is 1. The van der Waals surface area contributed by atoms with Gasteiger partial charge in [0.25, 0.3) is 0 Å². The third kappa shape index (κ3) is 2.10. The van der Waals surface area contributed by atoms with Crippen molar-refractivity contribution in [2.45, 2.75) is 20.8 Å². The van der Waals surface area contributed by atoms with Crippen molar-refractivity contribution in [3.63, 3.8) is 0 Å². The second-order valence-corrected chi connectivity index (χ2v) is 3.84. The molecule has 0 bridgehead atoms. The van der Waals surface area contributed by atoms with Gasteiger partial charge in [0.1, 0.15) is 0 Å². The fourth-order valence-corrected chi connectivity index (χ4v) is 1.36. The van der Waals surface area contributed by atoms with Gasteiger partial charge in [-0.3, -0.25) is 4.79 Å². The molecule has 0 fully saturated rings. The van der Waals surface area contributed by atoms with Gasteiger partial charge in [-0.1, -0.05) is 37.6 Å². The molecule has 0 saturated carbocycles. The van der Waals surface area contributed by atoms with Crippen molar-refractivity contribution in [1.29, 1.82) is 0 Å². The Morgan fingerprint density at radius 1 is 1.38 bits per heavy atom. The van der Waals surface area contributed by atoms with Crippen molar-refractivity contribution < 1.29 is 4.79 Å². The Kier molecular flexibility index (Phi) is 3.10. The highest BCUT2D eigenvalue weighted by Gasteiger charge is 2.13. The zero-order valence-corrected chi connectivity index (χ0v) is 8.85. The third-order valence-corrected chi connectivity index (χ3v) is 2.47. The number of halogens is 1. The summed E-state index contributed by atoms with van der Waals surface area (Å²) in [6.07, 6.45) is 0. The molecule has 1 rings (SSSR count). The van der Waals surface area contributed by atoms with Crippen LogP contribution in [0, 0.1) is 12.8 Å². The van der Waals surface area contributed by atoms with Crippen LogP contribution in [0.3, 0.4) is 0 Å². The second-order valence-electron chi connectivity index (χ2n) is 3.43. The lowest BCUT2D eigenvalue weighted by Gasteiger charge is -2.08. The number of rotatable bonds is 2. The van der Waals surface area contributed by atoms with Crippen molar-refractivity contribution in [3.05, 3.63) is 34.3 Å². The van der Waals surface area contributed by atoms with Gasteiger partial charge in [0.2, 0.25) is 0 Å². The molecule has 0 unspecified atom stereocenters. The SMILES string of the molecule is Cc1c(Cl)cccc1C(=O)C(C)C. The molecule has 0 aliphatic heterocycles. The molecular weight excluding hydrogens is 184 g/mol. The van der Waals surface area contributed by atoms with Gasteiger partial charge in [-0.05, 0) is 18.6 Å². The zero-order chi connectivity index (χ0) is 10.0. The number of benzene rings is 1. The van der Waals surface area contributed by atoms with Gasteiger partial charge in [0.15, 0.2) is 5.78 Å². The summed E-state index contributed by atoms with van der Waals surface area (Å²) in [7, 11) is 0. The van der Waals surface area contributed by atoms with Crippen LogP contribution in [0.5, 0.6) is 0 Å². The minimum absolute atomic E-state index is 0.0252. The minimum atomic E-state index is 0.0252. The summed E-state index contributed by atoms with van der Waals surface area (Å²) >= 11 is 5.91. The van der Waals surface area contributed by atoms with E-state index in [9.17, 15) is 4.79 Å². The van der Waals surface area contributed by atoms with Crippen LogP contribution in [0.15, 0.2) is 18.2 Å². The fourth-order valence-electron chi connectivity index (χ4n) is 1.19. The molecule has 1 nitrogen and oxygen atoms in total. The molecule has 0 aromatic heterocycles. The van der Waals surface area contributed by atoms with Gasteiger partial charge < -0.3 is 0 Å². The normalized spacial score (nSPS) is 10.5. The third-order valence-electron chi connectivity index (χ3n) is 2.06. The summed E-state index contributed by atoms with van der Waals surface area (Å²) in [6, 6.07) is 5.43. The standard InChI is InChI=1S/C11H13ClO/c1-7(2)11(13)9-5-4-6-10(12)8(9)3/h4-7H,1-3H3. The maximum atomic E-state index is 11.7. The summed E-state index contributed by atoms with van der Waals surface area (Å²) in [4.78, 5) is 11.7. The number of hydrogen-bond donors (Lipinski definition) is 0. The van der Waals surface area contributed by atoms with Crippen molar-refractivity contribution >= 4 is 17.4 Å². The summed E-state index contributed by atoms with van der Waals surface area (Å²) in [5.74, 6) is 0.178. The van der Waals surface area contributed by atoms with Crippen molar-refractivity contribution in [2.75, 3.05) is 0 Å². The molecule has 0 amide bonds. The first-order valence-corrected chi connectivity index (χ1v) is 4.71. The first-order valence-electron chi connectivity index (χ1n) is 4.33. The number of hydrogen-bond acceptors (Lipinski definition) is 1. The molecule has 2 heteroatoms. The predicted molar refractivity (Wildman–Crippen MR) is 55.4 cm³/mol. The van der Waals surface area contributed by atoms with Gasteiger partial charge in [-0.2, -0.15) is 0 Å². The Hall–Kier alpha value is -0.820. The number of Topliss-reactive ketones (excluding diaryl/α,β-unsaturated/α-hetero) is 1. The predicted octanol–water partition coefficient (Wildman–Crippen LogP) is 3.49. The second kappa shape index (κ2) is 3.93. The number of ketones is 1. The Labute approximate surface area is 83.7 Å². The van der Waals surface area contributed by atoms with E-state index in [-0.39, 0.29) is 11.7 Å². The summed E-state index contributed by atoms with van der Waals surface area (Å²) < 4.78 is 0. The van der Waals surface area contributed by atoms with Gasteiger partial charge in [-0.25, -0.2) is 0 Å². The van der Waals surface area contributed by atoms with Crippen LogP contribution in [0.25, 0.3) is 0 Å². The van der Waals surface area contributed by atoms with Crippen LogP contribution in [-0.2, 0) is 0 Å². The van der Waals surface area contributed by atoms with E-state index in [1.165, 1.54) is 0 Å². The molecular formula is C11H13ClO. The van der Waals surface area contributed by atoms with E-state index in [0.29, 0.717) is 5.02 Å². The quantitative estimate of drug-likeness (QED) is 0.662. The first-order chi connectivity index (χ1) is 6.04. The van der Waals surface area contributed by atoms with Gasteiger partial charge >= 0.3 is 0 Å². The minimum Gasteiger partial charge on any atom is -0.294 e. The van der Waals surface area contributed by atoms with Crippen molar-refractivity contribution in [2.24, 2.45) is 5.92 Å². The Balaban J connectivity index is 3.15. The maximum absolute atomic E-state index is 11.7. The zero-order valence-electron chi connectivity index (χ0n) is 8.10. The van der Waals surface area contributed by atoms with Gasteiger partial charge in [-0.15, -0.1) is 0 Å². The summed E-state index contributed by atoms with van der Waals surface area (Å²) in [5.41, 5.74) is 1.62. The van der Waals surface area contributed by atoms with E-state index in [4.69, 9.17) is 11.6 Å². The van der Waals surface area contributed by atoms with Crippen LogP contribution >= 0.6 is 11.6 Å². The highest BCUT2D eigenvalue weighted by Crippen LogP contribution is 2.20. The van der Waals surface area contributed by atoms with E-state index < -0.39 is 0 Å². The molecule has 0 spiro atoms. The molecule has 0 radical (unpaired) electrons. The lowest BCUT2D eigenvalue weighted by Crippen LogP contribution is -2.09. The molecule has 0 heterocycles. The van der Waals surface area contributed by atoms with Gasteiger partial charge in [0, 0.05) is 16.5 Å². The Morgan fingerprint density at radius 3 is 2.54 bits per heavy atom. The smallest absolute Gasteiger partial charge is 0.165 e. The van der Waals surface area contributed by atoms with Crippen LogP contribution < -0.4 is 0 Å². The molecule has 0 aliphatic rings. The van der Waals surface area contributed by atoms with Crippen LogP contribution in [0.2, 0.25) is 5.02 Å². The number of carbonyl (C=O) groups excluding carboxylic acids is 1. The molecule has 70 valence electrons. The van der Waals surface area contributed by atoms with Crippen LogP contribution in [0.1, 0.15) is 29.8 Å².